The van der Waals surface area contributed by atoms with Crippen molar-refractivity contribution in [3.05, 3.63) is 22.7 Å². The molecule has 0 aliphatic heterocycles. The fourth-order valence-electron chi connectivity index (χ4n) is 1.01. The fraction of sp³-hybridized carbons (Fsp3) is 0.250. The molecule has 0 bridgehead atoms. The maximum Gasteiger partial charge on any atom is 0.179 e. The van der Waals surface area contributed by atoms with Crippen LogP contribution in [0.25, 0.3) is 0 Å². The lowest BCUT2D eigenvalue weighted by atomic mass is 10.2. The van der Waals surface area contributed by atoms with Gasteiger partial charge < -0.3 is 15.1 Å². The van der Waals surface area contributed by atoms with Gasteiger partial charge in [0.05, 0.1) is 12.1 Å². The Kier molecular flexibility index (Phi) is 3.36. The topological polar surface area (TPSA) is 61.7 Å². The Labute approximate surface area is 80.7 Å². The van der Waals surface area contributed by atoms with Crippen molar-refractivity contribution in [1.29, 1.82) is 0 Å². The molecule has 5 heteroatoms. The van der Waals surface area contributed by atoms with E-state index < -0.39 is 0 Å². The van der Waals surface area contributed by atoms with Crippen LogP contribution in [-0.2, 0) is 6.54 Å². The molecule has 0 fully saturated rings. The predicted octanol–water partition coefficient (Wildman–Crippen LogP) is 1.53. The number of hydrogen-bond donors (Lipinski definition) is 3. The van der Waals surface area contributed by atoms with Crippen molar-refractivity contribution in [1.82, 2.24) is 5.48 Å². The third-order valence-corrected chi connectivity index (χ3v) is 1.94. The van der Waals surface area contributed by atoms with Gasteiger partial charge in [0.2, 0.25) is 0 Å². The number of phenols is 1. The van der Waals surface area contributed by atoms with E-state index in [1.54, 1.807) is 12.1 Å². The molecule has 0 saturated heterocycles. The highest BCUT2D eigenvalue weighted by molar-refractivity contribution is 6.32. The number of methoxy groups -OCH3 is 1. The van der Waals surface area contributed by atoms with Crippen molar-refractivity contribution < 1.29 is 15.1 Å². The minimum Gasteiger partial charge on any atom is -0.504 e. The third-order valence-electron chi connectivity index (χ3n) is 1.64. The Morgan fingerprint density at radius 2 is 2.23 bits per heavy atom. The first kappa shape index (κ1) is 10.1. The lowest BCUT2D eigenvalue weighted by molar-refractivity contribution is 0.160. The van der Waals surface area contributed by atoms with Crippen molar-refractivity contribution in [3.63, 3.8) is 0 Å². The van der Waals surface area contributed by atoms with Crippen LogP contribution in [0.2, 0.25) is 5.02 Å². The zero-order valence-corrected chi connectivity index (χ0v) is 7.80. The van der Waals surface area contributed by atoms with E-state index in [1.165, 1.54) is 7.11 Å². The van der Waals surface area contributed by atoms with Crippen molar-refractivity contribution in [2.24, 2.45) is 0 Å². The molecule has 3 N–H and O–H groups in total. The summed E-state index contributed by atoms with van der Waals surface area (Å²) in [6, 6.07) is 3.19. The molecule has 0 heterocycles. The lowest BCUT2D eigenvalue weighted by Gasteiger charge is -2.09. The first-order chi connectivity index (χ1) is 6.20. The minimum atomic E-state index is -0.0587. The van der Waals surface area contributed by atoms with Gasteiger partial charge in [0.1, 0.15) is 0 Å². The quantitative estimate of drug-likeness (QED) is 0.652. The molecule has 4 nitrogen and oxygen atoms in total. The summed E-state index contributed by atoms with van der Waals surface area (Å²) >= 11 is 5.73. The molecule has 0 unspecified atom stereocenters. The summed E-state index contributed by atoms with van der Waals surface area (Å²) in [6.45, 7) is 0.138. The number of hydroxylamine groups is 1. The molecular formula is C8H10ClNO3. The van der Waals surface area contributed by atoms with E-state index in [4.69, 9.17) is 21.5 Å². The summed E-state index contributed by atoms with van der Waals surface area (Å²) < 4.78 is 4.87. The van der Waals surface area contributed by atoms with Gasteiger partial charge in [0.15, 0.2) is 11.5 Å². The molecule has 72 valence electrons. The van der Waals surface area contributed by atoms with Crippen molar-refractivity contribution in [3.8, 4) is 11.5 Å². The number of aromatic hydroxyl groups is 1. The average Bonchev–Trinajstić information content (AvgIpc) is 2.11. The normalized spacial score (nSPS) is 10.1. The fourth-order valence-corrected chi connectivity index (χ4v) is 1.24. The Bertz CT molecular complexity index is 304. The van der Waals surface area contributed by atoms with Gasteiger partial charge in [0, 0.05) is 12.1 Å². The SMILES string of the molecule is COc1c(Cl)ccc(CNO)c1O. The lowest BCUT2D eigenvalue weighted by Crippen LogP contribution is -2.06. The first-order valence-electron chi connectivity index (χ1n) is 3.62. The summed E-state index contributed by atoms with van der Waals surface area (Å²) in [5.74, 6) is 0.158. The van der Waals surface area contributed by atoms with Gasteiger partial charge in [0.25, 0.3) is 0 Å². The van der Waals surface area contributed by atoms with Crippen LogP contribution in [0.15, 0.2) is 12.1 Å². The summed E-state index contributed by atoms with van der Waals surface area (Å²) in [6.07, 6.45) is 0. The van der Waals surface area contributed by atoms with Crippen LogP contribution in [0.1, 0.15) is 5.56 Å². The highest BCUT2D eigenvalue weighted by Gasteiger charge is 2.10. The van der Waals surface area contributed by atoms with Gasteiger partial charge in [-0.2, -0.15) is 0 Å². The molecule has 0 spiro atoms. The van der Waals surface area contributed by atoms with Crippen LogP contribution in [0.5, 0.6) is 11.5 Å². The highest BCUT2D eigenvalue weighted by atomic mass is 35.5. The molecular weight excluding hydrogens is 194 g/mol. The highest BCUT2D eigenvalue weighted by Crippen LogP contribution is 2.36. The molecule has 0 radical (unpaired) electrons. The maximum atomic E-state index is 9.54. The maximum absolute atomic E-state index is 9.54. The third kappa shape index (κ3) is 2.03. The van der Waals surface area contributed by atoms with Crippen molar-refractivity contribution in [2.45, 2.75) is 6.54 Å². The molecule has 0 saturated carbocycles. The summed E-state index contributed by atoms with van der Waals surface area (Å²) in [7, 11) is 1.41. The van der Waals surface area contributed by atoms with Crippen molar-refractivity contribution in [2.75, 3.05) is 7.11 Å². The van der Waals surface area contributed by atoms with Gasteiger partial charge in [-0.1, -0.05) is 17.7 Å². The van der Waals surface area contributed by atoms with Gasteiger partial charge in [-0.3, -0.25) is 0 Å². The van der Waals surface area contributed by atoms with Crippen LogP contribution in [0, 0.1) is 0 Å². The summed E-state index contributed by atoms with van der Waals surface area (Å²) in [5.41, 5.74) is 2.45. The van der Waals surface area contributed by atoms with Crippen molar-refractivity contribution >= 4 is 11.6 Å². The largest absolute Gasteiger partial charge is 0.504 e. The van der Waals surface area contributed by atoms with E-state index in [1.807, 2.05) is 5.48 Å². The number of halogens is 1. The van der Waals surface area contributed by atoms with Gasteiger partial charge in [-0.05, 0) is 6.07 Å². The molecule has 0 aromatic heterocycles. The molecule has 1 rings (SSSR count). The number of hydrogen-bond acceptors (Lipinski definition) is 4. The average molecular weight is 204 g/mol. The van der Waals surface area contributed by atoms with E-state index in [9.17, 15) is 5.11 Å². The van der Waals surface area contributed by atoms with E-state index in [-0.39, 0.29) is 18.0 Å². The van der Waals surface area contributed by atoms with Crippen LogP contribution in [0.4, 0.5) is 0 Å². The van der Waals surface area contributed by atoms with Crippen LogP contribution in [-0.4, -0.2) is 17.4 Å². The number of ether oxygens (including phenoxy) is 1. The molecule has 1 aromatic carbocycles. The minimum absolute atomic E-state index is 0.0587. The molecule has 0 aliphatic carbocycles. The summed E-state index contributed by atoms with van der Waals surface area (Å²) in [5, 5.41) is 18.3. The van der Waals surface area contributed by atoms with Crippen LogP contribution >= 0.6 is 11.6 Å². The predicted molar refractivity (Wildman–Crippen MR) is 48.3 cm³/mol. The summed E-state index contributed by atoms with van der Waals surface area (Å²) in [4.78, 5) is 0. The van der Waals surface area contributed by atoms with Gasteiger partial charge >= 0.3 is 0 Å². The number of nitrogens with one attached hydrogen (secondary N) is 1. The second-order valence-corrected chi connectivity index (χ2v) is 2.83. The molecule has 0 amide bonds. The molecule has 1 aromatic rings. The van der Waals surface area contributed by atoms with E-state index in [2.05, 4.69) is 0 Å². The molecule has 13 heavy (non-hydrogen) atoms. The zero-order valence-electron chi connectivity index (χ0n) is 7.04. The van der Waals surface area contributed by atoms with E-state index >= 15 is 0 Å². The zero-order chi connectivity index (χ0) is 9.84. The first-order valence-corrected chi connectivity index (χ1v) is 3.99. The molecule has 0 aliphatic rings. The second kappa shape index (κ2) is 4.32. The van der Waals surface area contributed by atoms with Crippen LogP contribution in [0.3, 0.4) is 0 Å². The monoisotopic (exact) mass is 203 g/mol. The second-order valence-electron chi connectivity index (χ2n) is 2.42. The Morgan fingerprint density at radius 3 is 2.77 bits per heavy atom. The van der Waals surface area contributed by atoms with E-state index in [0.717, 1.165) is 0 Å². The number of benzene rings is 1. The van der Waals surface area contributed by atoms with Crippen LogP contribution < -0.4 is 10.2 Å². The molecule has 0 atom stereocenters. The Hall–Kier alpha value is -0.970. The Morgan fingerprint density at radius 1 is 1.54 bits per heavy atom. The standard InChI is InChI=1S/C8H10ClNO3/c1-13-8-6(9)3-2-5(4-10-12)7(8)11/h2-3,10-12H,4H2,1H3. The van der Waals surface area contributed by atoms with Gasteiger partial charge in [-0.15, -0.1) is 0 Å². The Balaban J connectivity index is 3.11. The smallest absolute Gasteiger partial charge is 0.179 e. The number of rotatable bonds is 3. The number of phenolic OH excluding ortho intramolecular Hbond substituents is 1. The van der Waals surface area contributed by atoms with E-state index in [0.29, 0.717) is 10.6 Å². The van der Waals surface area contributed by atoms with Gasteiger partial charge in [-0.25, -0.2) is 5.48 Å².